The van der Waals surface area contributed by atoms with Gasteiger partial charge in [-0.05, 0) is 88.6 Å². The zero-order valence-corrected chi connectivity index (χ0v) is 24.4. The number of amides is 3. The maximum Gasteiger partial charge on any atom is 0.270 e. The van der Waals surface area contributed by atoms with Gasteiger partial charge in [-0.1, -0.05) is 30.0 Å². The summed E-state index contributed by atoms with van der Waals surface area (Å²) < 4.78 is 13.2. The van der Waals surface area contributed by atoms with Gasteiger partial charge in [0.1, 0.15) is 21.8 Å². The van der Waals surface area contributed by atoms with Crippen molar-refractivity contribution in [3.05, 3.63) is 76.2 Å². The van der Waals surface area contributed by atoms with E-state index in [0.29, 0.717) is 30.2 Å². The topological polar surface area (TPSA) is 120 Å². The lowest BCUT2D eigenvalue weighted by Crippen LogP contribution is -2.35. The molecule has 2 fully saturated rings. The van der Waals surface area contributed by atoms with Crippen molar-refractivity contribution in [1.82, 2.24) is 20.4 Å². The van der Waals surface area contributed by atoms with E-state index in [-0.39, 0.29) is 23.3 Å². The van der Waals surface area contributed by atoms with Crippen molar-refractivity contribution >= 4 is 35.2 Å². The molecule has 2 heterocycles. The Hall–Kier alpha value is -3.57. The summed E-state index contributed by atoms with van der Waals surface area (Å²) in [7, 11) is 0. The second kappa shape index (κ2) is 14.4. The fraction of sp³-hybridized carbons (Fsp3) is 0.433. The van der Waals surface area contributed by atoms with E-state index in [4.69, 9.17) is 5.73 Å². The molecule has 41 heavy (non-hydrogen) atoms. The summed E-state index contributed by atoms with van der Waals surface area (Å²) in [4.78, 5) is 42.6. The Bertz CT molecular complexity index is 1270. The number of anilines is 1. The third-order valence-corrected chi connectivity index (χ3v) is 8.62. The van der Waals surface area contributed by atoms with Crippen LogP contribution in [0.5, 0.6) is 0 Å². The number of rotatable bonds is 12. The van der Waals surface area contributed by atoms with Gasteiger partial charge in [-0.25, -0.2) is 4.39 Å². The van der Waals surface area contributed by atoms with Crippen molar-refractivity contribution in [2.45, 2.75) is 44.4 Å². The van der Waals surface area contributed by atoms with E-state index in [9.17, 15) is 18.8 Å². The molecule has 2 atom stereocenters. The molecule has 0 aliphatic carbocycles. The molecule has 3 amide bonds. The van der Waals surface area contributed by atoms with E-state index in [2.05, 4.69) is 20.9 Å². The van der Waals surface area contributed by atoms with Crippen LogP contribution in [0.1, 0.15) is 55.1 Å². The van der Waals surface area contributed by atoms with Gasteiger partial charge in [0.2, 0.25) is 5.91 Å². The molecule has 2 saturated heterocycles. The van der Waals surface area contributed by atoms with E-state index >= 15 is 0 Å². The molecule has 0 spiro atoms. The summed E-state index contributed by atoms with van der Waals surface area (Å²) in [6.07, 6.45) is 3.43. The van der Waals surface area contributed by atoms with Gasteiger partial charge in [-0.3, -0.25) is 14.4 Å². The van der Waals surface area contributed by atoms with Crippen molar-refractivity contribution in [3.8, 4) is 0 Å². The van der Waals surface area contributed by atoms with Crippen LogP contribution >= 0.6 is 11.8 Å². The molecule has 4 rings (SSSR count). The molecule has 0 saturated carbocycles. The van der Waals surface area contributed by atoms with E-state index in [1.807, 2.05) is 13.0 Å². The molecule has 220 valence electrons. The van der Waals surface area contributed by atoms with Gasteiger partial charge < -0.3 is 31.5 Å². The van der Waals surface area contributed by atoms with Crippen molar-refractivity contribution in [3.63, 3.8) is 0 Å². The summed E-state index contributed by atoms with van der Waals surface area (Å²) in [5.74, 6) is -1.12. The molecule has 0 aromatic heterocycles. The van der Waals surface area contributed by atoms with Crippen molar-refractivity contribution in [2.75, 3.05) is 44.6 Å². The molecule has 2 aliphatic heterocycles. The number of hydrogen-bond donors (Lipinski definition) is 4. The minimum Gasteiger partial charge on any atom is -0.392 e. The maximum absolute atomic E-state index is 13.2. The lowest BCUT2D eigenvalue weighted by atomic mass is 10.1. The van der Waals surface area contributed by atoms with Gasteiger partial charge >= 0.3 is 0 Å². The smallest absolute Gasteiger partial charge is 0.270 e. The number of carbonyl (C=O) groups excluding carboxylic acids is 3. The molecule has 5 N–H and O–H groups in total. The van der Waals surface area contributed by atoms with E-state index in [1.54, 1.807) is 37.3 Å². The van der Waals surface area contributed by atoms with Crippen molar-refractivity contribution in [2.24, 2.45) is 5.73 Å². The first kappa shape index (κ1) is 30.4. The van der Waals surface area contributed by atoms with Gasteiger partial charge in [0.25, 0.3) is 11.8 Å². The summed E-state index contributed by atoms with van der Waals surface area (Å²) in [5, 5.41) is 8.99. The first-order chi connectivity index (χ1) is 19.8. The Morgan fingerprint density at radius 3 is 2.59 bits per heavy atom. The fourth-order valence-corrected chi connectivity index (χ4v) is 6.19. The Morgan fingerprint density at radius 2 is 1.88 bits per heavy atom. The highest BCUT2D eigenvalue weighted by molar-refractivity contribution is 8.04. The second-order valence-corrected chi connectivity index (χ2v) is 11.5. The van der Waals surface area contributed by atoms with Crippen LogP contribution in [0, 0.1) is 5.82 Å². The van der Waals surface area contributed by atoms with Crippen molar-refractivity contribution < 1.29 is 18.8 Å². The SMILES string of the molecule is CCN1C(=O)[C@@H](CNc2cccc(C(=O)NCCCN3CCCC3)c2)S/C1=C(/N)C(=O)NC(C)c1ccc(F)cc1. The number of nitrogens with two attached hydrogens (primary N) is 1. The summed E-state index contributed by atoms with van der Waals surface area (Å²) >= 11 is 1.24. The molecule has 0 radical (unpaired) electrons. The monoisotopic (exact) mass is 582 g/mol. The molecular weight excluding hydrogens is 543 g/mol. The number of thioether (sulfide) groups is 1. The number of carbonyl (C=O) groups is 3. The van der Waals surface area contributed by atoms with E-state index < -0.39 is 17.2 Å². The van der Waals surface area contributed by atoms with Crippen molar-refractivity contribution in [1.29, 1.82) is 0 Å². The first-order valence-corrected chi connectivity index (χ1v) is 15.0. The number of nitrogens with one attached hydrogen (secondary N) is 3. The number of benzene rings is 2. The Kier molecular flexibility index (Phi) is 10.6. The molecular formula is C30H39FN6O3S. The van der Waals surface area contributed by atoms with Crippen LogP contribution < -0.4 is 21.7 Å². The molecule has 2 aromatic carbocycles. The molecule has 1 unspecified atom stereocenters. The maximum atomic E-state index is 13.2. The van der Waals surface area contributed by atoms with Gasteiger partial charge in [0.05, 0.1) is 6.04 Å². The number of hydrogen-bond acceptors (Lipinski definition) is 7. The number of halogens is 1. The fourth-order valence-electron chi connectivity index (χ4n) is 4.96. The standard InChI is InChI=1S/C30H39FN6O3S/c1-3-37-29(40)25(41-30(37)26(32)28(39)35-20(2)21-10-12-23(31)13-11-21)19-34-24-9-6-8-22(18-24)27(38)33-14-7-17-36-15-4-5-16-36/h6,8-13,18,20,25,34H,3-5,7,14-17,19,32H2,1-2H3,(H,33,38)(H,35,39)/b30-26+/t20?,25-/m1/s1. The molecule has 2 aliphatic rings. The van der Waals surface area contributed by atoms with Crippen LogP contribution in [0.15, 0.2) is 59.3 Å². The molecule has 9 nitrogen and oxygen atoms in total. The normalized spacial score (nSPS) is 19.2. The van der Waals surface area contributed by atoms with E-state index in [1.165, 1.54) is 41.6 Å². The minimum atomic E-state index is -0.497. The zero-order chi connectivity index (χ0) is 29.4. The highest BCUT2D eigenvalue weighted by Gasteiger charge is 2.38. The van der Waals surface area contributed by atoms with Crippen LogP contribution in [-0.2, 0) is 9.59 Å². The highest BCUT2D eigenvalue weighted by atomic mass is 32.2. The van der Waals surface area contributed by atoms with Crippen LogP contribution in [0.2, 0.25) is 0 Å². The van der Waals surface area contributed by atoms with E-state index in [0.717, 1.165) is 37.3 Å². The third kappa shape index (κ3) is 8.01. The largest absolute Gasteiger partial charge is 0.392 e. The predicted molar refractivity (Wildman–Crippen MR) is 160 cm³/mol. The molecule has 2 aromatic rings. The quantitative estimate of drug-likeness (QED) is 0.224. The average molecular weight is 583 g/mol. The first-order valence-electron chi connectivity index (χ1n) is 14.2. The zero-order valence-electron chi connectivity index (χ0n) is 23.6. The molecule has 0 bridgehead atoms. The van der Waals surface area contributed by atoms with Gasteiger partial charge in [-0.15, -0.1) is 0 Å². The third-order valence-electron chi connectivity index (χ3n) is 7.30. The molecule has 11 heteroatoms. The number of likely N-dealkylation sites (tertiary alicyclic amines) is 1. The Labute approximate surface area is 245 Å². The predicted octanol–water partition coefficient (Wildman–Crippen LogP) is 3.42. The summed E-state index contributed by atoms with van der Waals surface area (Å²) in [6.45, 7) is 8.19. The van der Waals surface area contributed by atoms with Crippen LogP contribution in [0.3, 0.4) is 0 Å². The lowest BCUT2D eigenvalue weighted by Gasteiger charge is -2.18. The van der Waals surface area contributed by atoms with Gasteiger partial charge in [0, 0.05) is 30.9 Å². The Balaban J connectivity index is 1.32. The number of nitrogens with zero attached hydrogens (tertiary/aromatic N) is 2. The summed E-state index contributed by atoms with van der Waals surface area (Å²) in [6, 6.07) is 12.7. The highest BCUT2D eigenvalue weighted by Crippen LogP contribution is 2.36. The van der Waals surface area contributed by atoms with Crippen LogP contribution in [0.25, 0.3) is 0 Å². The summed E-state index contributed by atoms with van der Waals surface area (Å²) in [5.41, 5.74) is 8.21. The minimum absolute atomic E-state index is 0.0370. The van der Waals surface area contributed by atoms with Gasteiger partial charge in [0.15, 0.2) is 0 Å². The van der Waals surface area contributed by atoms with Crippen LogP contribution in [0.4, 0.5) is 10.1 Å². The second-order valence-electron chi connectivity index (χ2n) is 10.3. The average Bonchev–Trinajstić information content (AvgIpc) is 3.61. The lowest BCUT2D eigenvalue weighted by molar-refractivity contribution is -0.127. The van der Waals surface area contributed by atoms with Crippen LogP contribution in [-0.4, -0.2) is 72.0 Å². The Morgan fingerprint density at radius 1 is 1.15 bits per heavy atom. The van der Waals surface area contributed by atoms with Gasteiger partial charge in [-0.2, -0.15) is 0 Å².